The summed E-state index contributed by atoms with van der Waals surface area (Å²) in [5, 5.41) is 0. The van der Waals surface area contributed by atoms with E-state index in [0.29, 0.717) is 5.56 Å². The van der Waals surface area contributed by atoms with Crippen molar-refractivity contribution in [3.05, 3.63) is 47.4 Å². The summed E-state index contributed by atoms with van der Waals surface area (Å²) >= 11 is 0. The van der Waals surface area contributed by atoms with E-state index < -0.39 is 5.82 Å². The molecule has 4 N–H and O–H groups in total. The highest BCUT2D eigenvalue weighted by molar-refractivity contribution is 5.94. The molecule has 0 atom stereocenters. The van der Waals surface area contributed by atoms with Gasteiger partial charge in [0.2, 0.25) is 5.95 Å². The van der Waals surface area contributed by atoms with Crippen LogP contribution in [0.25, 0.3) is 0 Å². The first-order valence-electron chi connectivity index (χ1n) is 5.47. The van der Waals surface area contributed by atoms with Crippen LogP contribution >= 0.6 is 0 Å². The normalized spacial score (nSPS) is 10.0. The van der Waals surface area contributed by atoms with Gasteiger partial charge < -0.3 is 5.73 Å². The van der Waals surface area contributed by atoms with Gasteiger partial charge in [0.05, 0.1) is 6.20 Å². The van der Waals surface area contributed by atoms with Gasteiger partial charge in [-0.2, -0.15) is 4.98 Å². The number of hydrogen-bond acceptors (Lipinski definition) is 5. The maximum absolute atomic E-state index is 12.8. The van der Waals surface area contributed by atoms with Crippen LogP contribution in [0.3, 0.4) is 0 Å². The minimum absolute atomic E-state index is 0.0133. The van der Waals surface area contributed by atoms with Crippen molar-refractivity contribution in [3.8, 4) is 0 Å². The lowest BCUT2D eigenvalue weighted by Gasteiger charge is -2.07. The van der Waals surface area contributed by atoms with Crippen LogP contribution in [0.2, 0.25) is 0 Å². The van der Waals surface area contributed by atoms with Gasteiger partial charge in [-0.25, -0.2) is 9.37 Å². The number of nitrogen functional groups attached to an aromatic ring is 1. The number of aryl methyl sites for hydroxylation is 1. The topological polar surface area (TPSA) is 92.9 Å². The Labute approximate surface area is 108 Å². The second kappa shape index (κ2) is 5.30. The Morgan fingerprint density at radius 2 is 2.00 bits per heavy atom. The minimum Gasteiger partial charge on any atom is -0.381 e. The lowest BCUT2D eigenvalue weighted by molar-refractivity contribution is 0.0962. The van der Waals surface area contributed by atoms with E-state index in [9.17, 15) is 9.18 Å². The Kier molecular flexibility index (Phi) is 3.56. The predicted molar refractivity (Wildman–Crippen MR) is 68.7 cm³/mol. The summed E-state index contributed by atoms with van der Waals surface area (Å²) in [6, 6.07) is 7.01. The number of nitrogens with zero attached hydrogens (tertiary/aromatic N) is 2. The first-order chi connectivity index (χ1) is 9.06. The van der Waals surface area contributed by atoms with Gasteiger partial charge in [-0.05, 0) is 19.1 Å². The van der Waals surface area contributed by atoms with Crippen molar-refractivity contribution in [1.82, 2.24) is 15.4 Å². The Morgan fingerprint density at radius 1 is 1.32 bits per heavy atom. The smallest absolute Gasteiger partial charge is 0.269 e. The van der Waals surface area contributed by atoms with Crippen LogP contribution in [0.1, 0.15) is 15.9 Å². The molecule has 1 aromatic heterocycles. The molecule has 0 saturated carbocycles. The highest BCUT2D eigenvalue weighted by Gasteiger charge is 2.06. The molecule has 0 fully saturated rings. The molecular formula is C12H12FN5O. The van der Waals surface area contributed by atoms with Crippen LogP contribution in [0.15, 0.2) is 30.5 Å². The van der Waals surface area contributed by atoms with E-state index in [1.807, 2.05) is 19.1 Å². The lowest BCUT2D eigenvalue weighted by Crippen LogP contribution is -2.30. The molecule has 0 bridgehead atoms. The summed E-state index contributed by atoms with van der Waals surface area (Å²) in [4.78, 5) is 19.0. The van der Waals surface area contributed by atoms with E-state index in [4.69, 9.17) is 5.73 Å². The largest absolute Gasteiger partial charge is 0.381 e. The molecular weight excluding hydrogens is 249 g/mol. The number of hydrogen-bond donors (Lipinski definition) is 3. The zero-order chi connectivity index (χ0) is 13.8. The van der Waals surface area contributed by atoms with Gasteiger partial charge in [-0.15, -0.1) is 0 Å². The van der Waals surface area contributed by atoms with Crippen molar-refractivity contribution in [1.29, 1.82) is 0 Å². The molecule has 6 nitrogen and oxygen atoms in total. The number of aromatic nitrogens is 2. The van der Waals surface area contributed by atoms with Gasteiger partial charge in [-0.3, -0.25) is 15.6 Å². The van der Waals surface area contributed by atoms with Crippen molar-refractivity contribution in [2.24, 2.45) is 0 Å². The fraction of sp³-hybridized carbons (Fsp3) is 0.0833. The van der Waals surface area contributed by atoms with Crippen LogP contribution in [0.5, 0.6) is 0 Å². The minimum atomic E-state index is -0.713. The van der Waals surface area contributed by atoms with E-state index in [2.05, 4.69) is 20.8 Å². The molecule has 0 unspecified atom stereocenters. The van der Waals surface area contributed by atoms with Crippen LogP contribution < -0.4 is 16.6 Å². The van der Waals surface area contributed by atoms with E-state index in [1.54, 1.807) is 12.1 Å². The first kappa shape index (κ1) is 12.7. The maximum atomic E-state index is 12.8. The number of amides is 1. The predicted octanol–water partition coefficient (Wildman–Crippen LogP) is 1.26. The number of hydrazine groups is 1. The van der Waals surface area contributed by atoms with Crippen molar-refractivity contribution in [3.63, 3.8) is 0 Å². The number of benzene rings is 1. The molecule has 1 aromatic carbocycles. The molecule has 1 amide bonds. The van der Waals surface area contributed by atoms with Gasteiger partial charge in [0, 0.05) is 5.56 Å². The van der Waals surface area contributed by atoms with Crippen LogP contribution in [-0.2, 0) is 0 Å². The second-order valence-corrected chi connectivity index (χ2v) is 3.87. The number of nitrogens with one attached hydrogen (secondary N) is 2. The van der Waals surface area contributed by atoms with Crippen LogP contribution in [-0.4, -0.2) is 15.9 Å². The monoisotopic (exact) mass is 261 g/mol. The average Bonchev–Trinajstić information content (AvgIpc) is 2.40. The Bertz CT molecular complexity index is 600. The quantitative estimate of drug-likeness (QED) is 0.723. The van der Waals surface area contributed by atoms with E-state index in [0.717, 1.165) is 11.8 Å². The molecule has 0 saturated heterocycles. The van der Waals surface area contributed by atoms with Crippen molar-refractivity contribution >= 4 is 17.7 Å². The molecule has 2 aromatic rings. The molecule has 0 spiro atoms. The second-order valence-electron chi connectivity index (χ2n) is 3.87. The number of carbonyl (C=O) groups excluding carboxylic acids is 1. The summed E-state index contributed by atoms with van der Waals surface area (Å²) in [5.74, 6) is -1.34. The van der Waals surface area contributed by atoms with Gasteiger partial charge in [0.1, 0.15) is 0 Å². The molecule has 7 heteroatoms. The number of carbonyl (C=O) groups is 1. The summed E-state index contributed by atoms with van der Waals surface area (Å²) < 4.78 is 12.8. The zero-order valence-corrected chi connectivity index (χ0v) is 10.1. The molecule has 0 aliphatic heterocycles. The third-order valence-corrected chi connectivity index (χ3v) is 2.37. The molecule has 98 valence electrons. The van der Waals surface area contributed by atoms with Gasteiger partial charge in [0.25, 0.3) is 5.91 Å². The zero-order valence-electron chi connectivity index (χ0n) is 10.1. The van der Waals surface area contributed by atoms with Gasteiger partial charge in [-0.1, -0.05) is 17.7 Å². The first-order valence-corrected chi connectivity index (χ1v) is 5.47. The Balaban J connectivity index is 2.00. The molecule has 0 aliphatic rings. The average molecular weight is 261 g/mol. The maximum Gasteiger partial charge on any atom is 0.269 e. The number of nitrogens with two attached hydrogens (primary N) is 1. The molecule has 19 heavy (non-hydrogen) atoms. The van der Waals surface area contributed by atoms with Crippen molar-refractivity contribution in [2.75, 3.05) is 11.2 Å². The SMILES string of the molecule is Cc1ccc(C(=O)NNc2ncc(F)c(N)n2)cc1. The lowest BCUT2D eigenvalue weighted by atomic mass is 10.1. The molecule has 2 rings (SSSR count). The standard InChI is InChI=1S/C12H12FN5O/c1-7-2-4-8(5-3-7)11(19)17-18-12-15-6-9(13)10(14)16-12/h2-6H,1H3,(H,17,19)(H3,14,15,16,18). The summed E-state index contributed by atoms with van der Waals surface area (Å²) in [5.41, 5.74) is 11.7. The highest BCUT2D eigenvalue weighted by Crippen LogP contribution is 2.07. The fourth-order valence-corrected chi connectivity index (χ4v) is 1.33. The van der Waals surface area contributed by atoms with E-state index >= 15 is 0 Å². The van der Waals surface area contributed by atoms with E-state index in [-0.39, 0.29) is 17.7 Å². The third kappa shape index (κ3) is 3.15. The van der Waals surface area contributed by atoms with Crippen molar-refractivity contribution < 1.29 is 9.18 Å². The van der Waals surface area contributed by atoms with Crippen LogP contribution in [0, 0.1) is 12.7 Å². The highest BCUT2D eigenvalue weighted by atomic mass is 19.1. The summed E-state index contributed by atoms with van der Waals surface area (Å²) in [7, 11) is 0. The summed E-state index contributed by atoms with van der Waals surface area (Å²) in [6.07, 6.45) is 0.919. The van der Waals surface area contributed by atoms with Gasteiger partial charge in [0.15, 0.2) is 11.6 Å². The number of rotatable bonds is 3. The molecule has 1 heterocycles. The Morgan fingerprint density at radius 3 is 2.63 bits per heavy atom. The fourth-order valence-electron chi connectivity index (χ4n) is 1.33. The Hall–Kier alpha value is -2.70. The number of anilines is 2. The molecule has 0 aliphatic carbocycles. The van der Waals surface area contributed by atoms with Gasteiger partial charge >= 0.3 is 0 Å². The van der Waals surface area contributed by atoms with Crippen molar-refractivity contribution in [2.45, 2.75) is 6.92 Å². The molecule has 0 radical (unpaired) electrons. The number of halogens is 1. The van der Waals surface area contributed by atoms with E-state index in [1.165, 1.54) is 0 Å². The van der Waals surface area contributed by atoms with Crippen LogP contribution in [0.4, 0.5) is 16.2 Å². The third-order valence-electron chi connectivity index (χ3n) is 2.37. The summed E-state index contributed by atoms with van der Waals surface area (Å²) in [6.45, 7) is 1.93.